The number of ether oxygens (including phenoxy) is 1. The van der Waals surface area contributed by atoms with Crippen LogP contribution in [0.5, 0.6) is 0 Å². The van der Waals surface area contributed by atoms with E-state index in [1.807, 2.05) is 0 Å². The first-order chi connectivity index (χ1) is 19.2. The molecular formula is C29H31N3O7S. The van der Waals surface area contributed by atoms with Crippen LogP contribution in [0.1, 0.15) is 43.7 Å². The van der Waals surface area contributed by atoms with Crippen LogP contribution in [0.4, 0.5) is 5.69 Å². The number of likely N-dealkylation sites (tertiary alicyclic amines) is 1. The van der Waals surface area contributed by atoms with Gasteiger partial charge in [0.25, 0.3) is 17.6 Å². The molecule has 10 nitrogen and oxygen atoms in total. The number of aliphatic hydroxyl groups is 1. The zero-order chi connectivity index (χ0) is 28.2. The Morgan fingerprint density at radius 2 is 1.73 bits per heavy atom. The van der Waals surface area contributed by atoms with Crippen molar-refractivity contribution in [2.24, 2.45) is 0 Å². The van der Waals surface area contributed by atoms with Crippen molar-refractivity contribution in [3.05, 3.63) is 65.2 Å². The van der Waals surface area contributed by atoms with Gasteiger partial charge in [-0.2, -0.15) is 4.31 Å². The van der Waals surface area contributed by atoms with Crippen LogP contribution in [0.2, 0.25) is 0 Å². The third-order valence-electron chi connectivity index (χ3n) is 8.37. The predicted octanol–water partition coefficient (Wildman–Crippen LogP) is 2.59. The van der Waals surface area contributed by atoms with Gasteiger partial charge in [0.2, 0.25) is 10.0 Å². The van der Waals surface area contributed by atoms with E-state index >= 15 is 0 Å². The van der Waals surface area contributed by atoms with Gasteiger partial charge in [0, 0.05) is 43.9 Å². The summed E-state index contributed by atoms with van der Waals surface area (Å²) in [6.45, 7) is 3.55. The van der Waals surface area contributed by atoms with Crippen LogP contribution in [0, 0.1) is 0 Å². The smallest absolute Gasteiger partial charge is 0.296 e. The molecule has 4 aliphatic heterocycles. The second kappa shape index (κ2) is 9.83. The minimum absolute atomic E-state index is 0.0198. The Balaban J connectivity index is 1.51. The van der Waals surface area contributed by atoms with Gasteiger partial charge in [0.15, 0.2) is 5.54 Å². The monoisotopic (exact) mass is 565 g/mol. The van der Waals surface area contributed by atoms with Gasteiger partial charge in [-0.15, -0.1) is 0 Å². The van der Waals surface area contributed by atoms with Gasteiger partial charge in [0.1, 0.15) is 5.76 Å². The molecule has 2 amide bonds. The fourth-order valence-electron chi connectivity index (χ4n) is 6.43. The van der Waals surface area contributed by atoms with Crippen LogP contribution in [-0.2, 0) is 34.7 Å². The van der Waals surface area contributed by atoms with E-state index in [0.29, 0.717) is 43.9 Å². The minimum Gasteiger partial charge on any atom is -0.507 e. The molecule has 0 aromatic heterocycles. The largest absolute Gasteiger partial charge is 0.507 e. The van der Waals surface area contributed by atoms with E-state index in [1.165, 1.54) is 38.4 Å². The van der Waals surface area contributed by atoms with Crippen LogP contribution in [0.25, 0.3) is 5.76 Å². The number of amides is 2. The quantitative estimate of drug-likeness (QED) is 0.324. The molecule has 2 atom stereocenters. The molecule has 6 rings (SSSR count). The predicted molar refractivity (Wildman–Crippen MR) is 146 cm³/mol. The van der Waals surface area contributed by atoms with Crippen LogP contribution in [-0.4, -0.2) is 79.2 Å². The van der Waals surface area contributed by atoms with Gasteiger partial charge in [0.05, 0.1) is 22.3 Å². The molecule has 11 heteroatoms. The number of nitrogens with zero attached hydrogens (tertiary/aromatic N) is 3. The molecule has 4 heterocycles. The highest BCUT2D eigenvalue weighted by atomic mass is 32.2. The fraction of sp³-hybridized carbons (Fsp3) is 0.414. The van der Waals surface area contributed by atoms with Crippen molar-refractivity contribution in [1.29, 1.82) is 0 Å². The summed E-state index contributed by atoms with van der Waals surface area (Å²) in [5.74, 6) is -2.88. The summed E-state index contributed by atoms with van der Waals surface area (Å²) in [6, 6.07) is 12.5. The Hall–Kier alpha value is -3.54. The van der Waals surface area contributed by atoms with Crippen LogP contribution >= 0.6 is 0 Å². The third kappa shape index (κ3) is 3.75. The molecule has 0 radical (unpaired) electrons. The van der Waals surface area contributed by atoms with E-state index in [0.717, 1.165) is 19.3 Å². The van der Waals surface area contributed by atoms with Gasteiger partial charge in [-0.3, -0.25) is 14.4 Å². The number of anilines is 1. The number of sulfonamides is 1. The first kappa shape index (κ1) is 26.7. The fourth-order valence-corrected chi connectivity index (χ4v) is 7.95. The molecule has 4 aliphatic rings. The number of carbonyl (C=O) groups is 3. The van der Waals surface area contributed by atoms with Crippen LogP contribution in [0.3, 0.4) is 0 Å². The minimum atomic E-state index is -3.69. The molecule has 3 fully saturated rings. The summed E-state index contributed by atoms with van der Waals surface area (Å²) in [6.07, 6.45) is 2.74. The maximum absolute atomic E-state index is 14.3. The standard InChI is InChI=1S/C29H31N3O7S/c1-2-31-23-10-4-3-9-22(23)29(28(31)36)24(26(34)27(35)32(29)18-20-8-7-17-39-20)25(33)19-11-13-21(14-12-19)40(37,38)30-15-5-6-16-30/h3-4,9-14,20,33H,2,5-8,15-18H2,1H3/b25-24+. The van der Waals surface area contributed by atoms with Crippen molar-refractivity contribution in [2.45, 2.75) is 49.1 Å². The molecule has 1 N–H and O–H groups in total. The Bertz CT molecular complexity index is 1520. The zero-order valence-corrected chi connectivity index (χ0v) is 23.0. The lowest BCUT2D eigenvalue weighted by Crippen LogP contribution is -2.53. The molecule has 1 spiro atoms. The van der Waals surface area contributed by atoms with E-state index in [4.69, 9.17) is 4.74 Å². The normalized spacial score (nSPS) is 26.4. The van der Waals surface area contributed by atoms with Crippen molar-refractivity contribution in [3.63, 3.8) is 0 Å². The SMILES string of the molecule is CCN1C(=O)C2(/C(=C(/O)c3ccc(S(=O)(=O)N4CCCC4)cc3)C(=O)C(=O)N2CC2CCCO2)c2ccccc21. The number of benzene rings is 2. The first-order valence-corrected chi connectivity index (χ1v) is 15.1. The summed E-state index contributed by atoms with van der Waals surface area (Å²) in [5, 5.41) is 11.6. The number of para-hydroxylation sites is 1. The van der Waals surface area contributed by atoms with Crippen molar-refractivity contribution < 1.29 is 32.6 Å². The number of aliphatic hydroxyl groups excluding tert-OH is 1. The number of hydrogen-bond donors (Lipinski definition) is 1. The van der Waals surface area contributed by atoms with Gasteiger partial charge in [-0.25, -0.2) is 8.42 Å². The van der Waals surface area contributed by atoms with Crippen LogP contribution in [0.15, 0.2) is 59.0 Å². The van der Waals surface area contributed by atoms with E-state index in [-0.39, 0.29) is 28.7 Å². The molecule has 40 heavy (non-hydrogen) atoms. The number of likely N-dealkylation sites (N-methyl/N-ethyl adjacent to an activating group) is 1. The molecular weight excluding hydrogens is 534 g/mol. The highest BCUT2D eigenvalue weighted by molar-refractivity contribution is 7.89. The Kier molecular flexibility index (Phi) is 6.55. The first-order valence-electron chi connectivity index (χ1n) is 13.7. The summed E-state index contributed by atoms with van der Waals surface area (Å²) in [5.41, 5.74) is -1.05. The highest BCUT2D eigenvalue weighted by Gasteiger charge is 2.67. The number of ketones is 1. The number of fused-ring (bicyclic) bond motifs is 2. The average Bonchev–Trinajstić information content (AvgIpc) is 3.76. The molecule has 0 aliphatic carbocycles. The topological polar surface area (TPSA) is 125 Å². The maximum Gasteiger partial charge on any atom is 0.296 e. The number of Topliss-reactive ketones (excluding diaryl/α,β-unsaturated/α-hetero) is 1. The lowest BCUT2D eigenvalue weighted by atomic mass is 9.81. The van der Waals surface area contributed by atoms with E-state index in [2.05, 4.69) is 0 Å². The molecule has 0 bridgehead atoms. The Morgan fingerprint density at radius 1 is 1.02 bits per heavy atom. The van der Waals surface area contributed by atoms with Gasteiger partial charge in [-0.05, 0) is 62.9 Å². The molecule has 3 saturated heterocycles. The number of carbonyl (C=O) groups excluding carboxylic acids is 3. The summed E-state index contributed by atoms with van der Waals surface area (Å²) < 4.78 is 33.2. The average molecular weight is 566 g/mol. The van der Waals surface area contributed by atoms with Crippen molar-refractivity contribution >= 4 is 39.1 Å². The van der Waals surface area contributed by atoms with E-state index < -0.39 is 38.9 Å². The number of rotatable bonds is 6. The second-order valence-electron chi connectivity index (χ2n) is 10.5. The second-order valence-corrected chi connectivity index (χ2v) is 12.5. The van der Waals surface area contributed by atoms with E-state index in [1.54, 1.807) is 31.2 Å². The lowest BCUT2D eigenvalue weighted by molar-refractivity contribution is -0.145. The summed E-state index contributed by atoms with van der Waals surface area (Å²) >= 11 is 0. The summed E-state index contributed by atoms with van der Waals surface area (Å²) in [4.78, 5) is 44.4. The van der Waals surface area contributed by atoms with Crippen molar-refractivity contribution in [3.8, 4) is 0 Å². The molecule has 0 saturated carbocycles. The van der Waals surface area contributed by atoms with Crippen molar-refractivity contribution in [1.82, 2.24) is 9.21 Å². The van der Waals surface area contributed by atoms with Gasteiger partial charge >= 0.3 is 0 Å². The highest BCUT2D eigenvalue weighted by Crippen LogP contribution is 2.53. The number of hydrogen-bond acceptors (Lipinski definition) is 7. The Labute approximate surface area is 232 Å². The van der Waals surface area contributed by atoms with E-state index in [9.17, 15) is 27.9 Å². The van der Waals surface area contributed by atoms with Gasteiger partial charge in [-0.1, -0.05) is 18.2 Å². The molecule has 2 aromatic rings. The molecule has 210 valence electrons. The Morgan fingerprint density at radius 3 is 2.38 bits per heavy atom. The molecule has 2 unspecified atom stereocenters. The third-order valence-corrected chi connectivity index (χ3v) is 10.3. The zero-order valence-electron chi connectivity index (χ0n) is 22.2. The van der Waals surface area contributed by atoms with Crippen LogP contribution < -0.4 is 4.90 Å². The maximum atomic E-state index is 14.3. The van der Waals surface area contributed by atoms with Gasteiger partial charge < -0.3 is 19.6 Å². The lowest BCUT2D eigenvalue weighted by Gasteiger charge is -2.35. The van der Waals surface area contributed by atoms with Crippen molar-refractivity contribution in [2.75, 3.05) is 37.7 Å². The summed E-state index contributed by atoms with van der Waals surface area (Å²) in [7, 11) is -3.69. The molecule has 2 aromatic carbocycles.